The number of aliphatic hydroxyl groups excluding tert-OH is 1. The first-order valence-electron chi connectivity index (χ1n) is 16.4. The summed E-state index contributed by atoms with van der Waals surface area (Å²) in [6.07, 6.45) is 9.18. The van der Waals surface area contributed by atoms with Gasteiger partial charge in [-0.05, 0) is 109 Å². The third kappa shape index (κ3) is 3.97. The molecule has 1 aromatic rings. The molecule has 3 unspecified atom stereocenters. The first kappa shape index (κ1) is 29.9. The normalized spacial score (nSPS) is 45.2. The first-order chi connectivity index (χ1) is 19.5. The van der Waals surface area contributed by atoms with Crippen LogP contribution in [0.4, 0.5) is 0 Å². The second-order valence-electron chi connectivity index (χ2n) is 17.0. The van der Waals surface area contributed by atoms with Crippen LogP contribution in [0.3, 0.4) is 0 Å². The summed E-state index contributed by atoms with van der Waals surface area (Å²) < 4.78 is 6.12. The van der Waals surface area contributed by atoms with Crippen LogP contribution in [0.2, 0.25) is 0 Å². The number of rotatable bonds is 3. The zero-order valence-electron chi connectivity index (χ0n) is 26.8. The quantitative estimate of drug-likeness (QED) is 0.281. The molecular weight excluding hydrogens is 524 g/mol. The Morgan fingerprint density at radius 1 is 0.857 bits per heavy atom. The monoisotopic (exact) mass is 576 g/mol. The molecule has 4 fully saturated rings. The molecule has 0 radical (unpaired) electrons. The van der Waals surface area contributed by atoms with Gasteiger partial charge in [-0.3, -0.25) is 4.79 Å². The zero-order chi connectivity index (χ0) is 30.5. The average molecular weight is 577 g/mol. The molecule has 0 amide bonds. The van der Waals surface area contributed by atoms with Crippen LogP contribution < -0.4 is 0 Å². The molecule has 230 valence electrons. The van der Waals surface area contributed by atoms with Gasteiger partial charge in [0.05, 0.1) is 17.1 Å². The van der Waals surface area contributed by atoms with Gasteiger partial charge in [-0.2, -0.15) is 0 Å². The van der Waals surface area contributed by atoms with Crippen LogP contribution in [0.5, 0.6) is 0 Å². The topological polar surface area (TPSA) is 83.8 Å². The Bertz CT molecular complexity index is 1300. The minimum Gasteiger partial charge on any atom is -0.481 e. The van der Waals surface area contributed by atoms with Gasteiger partial charge in [0, 0.05) is 5.41 Å². The maximum atomic E-state index is 13.1. The van der Waals surface area contributed by atoms with E-state index in [1.165, 1.54) is 5.57 Å². The number of aliphatic carboxylic acids is 1. The van der Waals surface area contributed by atoms with E-state index in [2.05, 4.69) is 54.5 Å². The fourth-order valence-electron chi connectivity index (χ4n) is 11.7. The molecule has 0 heterocycles. The third-order valence-electron chi connectivity index (χ3n) is 14.2. The van der Waals surface area contributed by atoms with Crippen LogP contribution in [0.1, 0.15) is 117 Å². The van der Waals surface area contributed by atoms with E-state index in [1.54, 1.807) is 12.1 Å². The molecule has 4 saturated carbocycles. The Hall–Kier alpha value is -2.14. The highest BCUT2D eigenvalue weighted by molar-refractivity contribution is 5.89. The molecule has 5 aliphatic carbocycles. The molecule has 0 saturated heterocycles. The van der Waals surface area contributed by atoms with E-state index >= 15 is 0 Å². The van der Waals surface area contributed by atoms with Crippen molar-refractivity contribution in [3.63, 3.8) is 0 Å². The summed E-state index contributed by atoms with van der Waals surface area (Å²) in [6, 6.07) is 9.09. The number of fused-ring (bicyclic) bond motifs is 7. The first-order valence-corrected chi connectivity index (χ1v) is 16.4. The summed E-state index contributed by atoms with van der Waals surface area (Å²) in [7, 11) is 0. The predicted molar refractivity (Wildman–Crippen MR) is 164 cm³/mol. The largest absolute Gasteiger partial charge is 0.481 e. The summed E-state index contributed by atoms with van der Waals surface area (Å²) in [5.41, 5.74) is 0.895. The number of aliphatic hydroxyl groups is 1. The third-order valence-corrected chi connectivity index (χ3v) is 14.2. The van der Waals surface area contributed by atoms with E-state index in [0.29, 0.717) is 23.8 Å². The molecule has 0 aromatic heterocycles. The van der Waals surface area contributed by atoms with Gasteiger partial charge < -0.3 is 14.9 Å². The van der Waals surface area contributed by atoms with Crippen LogP contribution in [-0.4, -0.2) is 34.4 Å². The van der Waals surface area contributed by atoms with Gasteiger partial charge in [-0.15, -0.1) is 0 Å². The van der Waals surface area contributed by atoms with Gasteiger partial charge >= 0.3 is 11.9 Å². The SMILES string of the molecule is CC1(C)CC[C@]2(C(=O)O)CC[C@]3(C)C(=CCC4[C@@]5(C)C[C@@H](O)[C@H](OC(=O)c6ccccc6)C(C)(C)C5CC[C@]43C)C2C1. The number of carbonyl (C=O) groups is 2. The second kappa shape index (κ2) is 9.43. The summed E-state index contributed by atoms with van der Waals surface area (Å²) in [5.74, 6) is -0.201. The van der Waals surface area contributed by atoms with E-state index in [0.717, 1.165) is 51.4 Å². The molecule has 5 aliphatic rings. The molecular formula is C37H52O5. The highest BCUT2D eigenvalue weighted by Crippen LogP contribution is 2.75. The average Bonchev–Trinajstić information content (AvgIpc) is 2.91. The number of hydrogen-bond donors (Lipinski definition) is 2. The molecule has 5 heteroatoms. The maximum Gasteiger partial charge on any atom is 0.338 e. The van der Waals surface area contributed by atoms with E-state index in [-0.39, 0.29) is 39.0 Å². The van der Waals surface area contributed by atoms with Crippen LogP contribution in [0, 0.1) is 50.2 Å². The van der Waals surface area contributed by atoms with Crippen molar-refractivity contribution in [2.24, 2.45) is 50.2 Å². The number of carbonyl (C=O) groups excluding carboxylic acids is 1. The predicted octanol–water partition coefficient (Wildman–Crippen LogP) is 8.07. The lowest BCUT2D eigenvalue weighted by atomic mass is 9.33. The number of ether oxygens (including phenoxy) is 1. The second-order valence-corrected chi connectivity index (χ2v) is 17.0. The van der Waals surface area contributed by atoms with Gasteiger partial charge in [-0.1, -0.05) is 78.3 Å². The molecule has 0 aliphatic heterocycles. The van der Waals surface area contributed by atoms with E-state index in [9.17, 15) is 19.8 Å². The lowest BCUT2D eigenvalue weighted by Gasteiger charge is -2.71. The number of carboxylic acids is 1. The lowest BCUT2D eigenvalue weighted by molar-refractivity contribution is -0.231. The fraction of sp³-hybridized carbons (Fsp3) is 0.730. The van der Waals surface area contributed by atoms with Crippen molar-refractivity contribution >= 4 is 11.9 Å². The van der Waals surface area contributed by atoms with Crippen LogP contribution >= 0.6 is 0 Å². The Morgan fingerprint density at radius 2 is 1.52 bits per heavy atom. The van der Waals surface area contributed by atoms with Crippen molar-refractivity contribution in [1.82, 2.24) is 0 Å². The number of esters is 1. The molecule has 1 aromatic carbocycles. The summed E-state index contributed by atoms with van der Waals surface area (Å²) in [6.45, 7) is 16.4. The number of carboxylic acid groups (broad SMARTS) is 1. The van der Waals surface area contributed by atoms with E-state index < -0.39 is 23.6 Å². The van der Waals surface area contributed by atoms with E-state index in [1.807, 2.05) is 18.2 Å². The Kier molecular flexibility index (Phi) is 6.71. The van der Waals surface area contributed by atoms with Crippen LogP contribution in [0.25, 0.3) is 0 Å². The fourth-order valence-corrected chi connectivity index (χ4v) is 11.7. The highest BCUT2D eigenvalue weighted by Gasteiger charge is 2.70. The maximum absolute atomic E-state index is 13.1. The molecule has 6 rings (SSSR count). The van der Waals surface area contributed by atoms with Crippen LogP contribution in [0.15, 0.2) is 42.0 Å². The zero-order valence-corrected chi connectivity index (χ0v) is 26.8. The summed E-state index contributed by atoms with van der Waals surface area (Å²) in [4.78, 5) is 26.0. The highest BCUT2D eigenvalue weighted by atomic mass is 16.6. The van der Waals surface area contributed by atoms with Crippen molar-refractivity contribution in [1.29, 1.82) is 0 Å². The van der Waals surface area contributed by atoms with Crippen molar-refractivity contribution in [2.45, 2.75) is 118 Å². The van der Waals surface area contributed by atoms with Gasteiger partial charge in [0.2, 0.25) is 0 Å². The van der Waals surface area contributed by atoms with Crippen molar-refractivity contribution in [3.05, 3.63) is 47.5 Å². The Labute approximate surface area is 252 Å². The summed E-state index contributed by atoms with van der Waals surface area (Å²) >= 11 is 0. The Morgan fingerprint density at radius 3 is 2.19 bits per heavy atom. The molecule has 9 atom stereocenters. The number of allylic oxidation sites excluding steroid dienone is 2. The number of benzene rings is 1. The smallest absolute Gasteiger partial charge is 0.338 e. The lowest BCUT2D eigenvalue weighted by Crippen LogP contribution is -2.67. The standard InChI is InChI=1S/C37H52O5/c1-32(2)17-19-37(31(40)41)20-18-35(6)24(25(37)21-32)13-14-28-34(5)22-26(38)29(42-30(39)23-11-9-8-10-12-23)33(3,4)27(34)15-16-36(28,35)7/h8-13,25-29,38H,14-22H2,1-7H3,(H,40,41)/t25?,26-,27?,28?,29+,34+,35-,36-,37+/m1/s1. The van der Waals surface area contributed by atoms with Crippen LogP contribution in [-0.2, 0) is 9.53 Å². The van der Waals surface area contributed by atoms with E-state index in [4.69, 9.17) is 4.74 Å². The Balaban J connectivity index is 1.35. The van der Waals surface area contributed by atoms with Gasteiger partial charge in [-0.25, -0.2) is 4.79 Å². The van der Waals surface area contributed by atoms with Gasteiger partial charge in [0.15, 0.2) is 0 Å². The van der Waals surface area contributed by atoms with Gasteiger partial charge in [0.1, 0.15) is 6.10 Å². The van der Waals surface area contributed by atoms with Crippen molar-refractivity contribution in [2.75, 3.05) is 0 Å². The molecule has 0 spiro atoms. The molecule has 5 nitrogen and oxygen atoms in total. The molecule has 0 bridgehead atoms. The van der Waals surface area contributed by atoms with Crippen molar-refractivity contribution < 1.29 is 24.5 Å². The van der Waals surface area contributed by atoms with Crippen molar-refractivity contribution in [3.8, 4) is 0 Å². The molecule has 42 heavy (non-hydrogen) atoms. The summed E-state index contributed by atoms with van der Waals surface area (Å²) in [5, 5.41) is 22.3. The minimum atomic E-state index is -0.736. The van der Waals surface area contributed by atoms with Gasteiger partial charge in [0.25, 0.3) is 0 Å². The minimum absolute atomic E-state index is 0.0118. The number of hydrogen-bond acceptors (Lipinski definition) is 4. The molecule has 2 N–H and O–H groups in total.